The van der Waals surface area contributed by atoms with Crippen LogP contribution < -0.4 is 16.6 Å². The molecular weight excluding hydrogens is 244 g/mol. The van der Waals surface area contributed by atoms with E-state index in [0.29, 0.717) is 12.1 Å². The molecule has 2 aliphatic carbocycles. The number of nitrogens with two attached hydrogens (primary N) is 1. The number of thioether (sulfide) groups is 1. The van der Waals surface area contributed by atoms with E-state index in [4.69, 9.17) is 10.8 Å². The van der Waals surface area contributed by atoms with Crippen molar-refractivity contribution < 1.29 is 0 Å². The molecule has 0 atom stereocenters. The summed E-state index contributed by atoms with van der Waals surface area (Å²) in [5, 5.41) is 4.29. The lowest BCUT2D eigenvalue weighted by atomic mass is 9.95. The van der Waals surface area contributed by atoms with Crippen LogP contribution in [0, 0.1) is 0 Å². The summed E-state index contributed by atoms with van der Waals surface area (Å²) in [6.45, 7) is 0. The number of nitrogens with one attached hydrogen (secondary N) is 2. The molecule has 0 aromatic rings. The number of nitrogens with zero attached hydrogens (tertiary/aromatic N) is 1. The smallest absolute Gasteiger partial charge is 0.206 e. The Kier molecular flexibility index (Phi) is 5.63. The maximum atomic E-state index is 5.57. The Balaban J connectivity index is 1.81. The van der Waals surface area contributed by atoms with Crippen LogP contribution >= 0.6 is 11.8 Å². The first-order valence-electron chi connectivity index (χ1n) is 7.15. The quantitative estimate of drug-likeness (QED) is 0.318. The number of hydrazine groups is 1. The number of aliphatic imine (C=N–C) groups is 1. The molecule has 4 nitrogen and oxygen atoms in total. The van der Waals surface area contributed by atoms with Gasteiger partial charge in [0, 0.05) is 11.3 Å². The molecule has 0 amide bonds. The van der Waals surface area contributed by atoms with Gasteiger partial charge in [-0.1, -0.05) is 12.8 Å². The summed E-state index contributed by atoms with van der Waals surface area (Å²) in [6, 6.07) is 1.02. The molecule has 0 saturated heterocycles. The van der Waals surface area contributed by atoms with Gasteiger partial charge in [0.05, 0.1) is 6.04 Å². The Labute approximate surface area is 115 Å². The first-order chi connectivity index (χ1) is 8.81. The van der Waals surface area contributed by atoms with Crippen molar-refractivity contribution in [3.05, 3.63) is 0 Å². The first-order valence-corrected chi connectivity index (χ1v) is 8.44. The fourth-order valence-electron chi connectivity index (χ4n) is 2.97. The highest BCUT2D eigenvalue weighted by Crippen LogP contribution is 2.28. The molecule has 18 heavy (non-hydrogen) atoms. The largest absolute Gasteiger partial charge is 0.353 e. The standard InChI is InChI=1S/C13H26N4S/c1-18-12-8-6-11(7-9-12)16-13(17-14)15-10-4-2-3-5-10/h10-12H,2-9,14H2,1H3,(H2,15,16,17). The zero-order chi connectivity index (χ0) is 12.8. The second-order valence-corrected chi connectivity index (χ2v) is 6.55. The molecule has 2 saturated carbocycles. The normalized spacial score (nSPS) is 30.4. The summed E-state index contributed by atoms with van der Waals surface area (Å²) in [6.07, 6.45) is 12.3. The fraction of sp³-hybridized carbons (Fsp3) is 0.923. The van der Waals surface area contributed by atoms with Gasteiger partial charge < -0.3 is 5.32 Å². The minimum atomic E-state index is 0.452. The van der Waals surface area contributed by atoms with E-state index in [9.17, 15) is 0 Å². The average molecular weight is 270 g/mol. The molecule has 2 rings (SSSR count). The first kappa shape index (κ1) is 14.0. The Morgan fingerprint density at radius 2 is 1.78 bits per heavy atom. The summed E-state index contributed by atoms with van der Waals surface area (Å²) in [7, 11) is 0. The second-order valence-electron chi connectivity index (χ2n) is 5.41. The summed E-state index contributed by atoms with van der Waals surface area (Å²) in [4.78, 5) is 4.75. The highest BCUT2D eigenvalue weighted by atomic mass is 32.2. The zero-order valence-electron chi connectivity index (χ0n) is 11.3. The van der Waals surface area contributed by atoms with Gasteiger partial charge in [0.1, 0.15) is 0 Å². The van der Waals surface area contributed by atoms with Crippen LogP contribution in [-0.2, 0) is 0 Å². The lowest BCUT2D eigenvalue weighted by Gasteiger charge is -2.26. The van der Waals surface area contributed by atoms with Crippen molar-refractivity contribution in [2.24, 2.45) is 10.8 Å². The second kappa shape index (κ2) is 7.24. The van der Waals surface area contributed by atoms with Gasteiger partial charge in [-0.3, -0.25) is 5.43 Å². The van der Waals surface area contributed by atoms with E-state index < -0.39 is 0 Å². The summed E-state index contributed by atoms with van der Waals surface area (Å²) in [5.41, 5.74) is 2.74. The van der Waals surface area contributed by atoms with Crippen molar-refractivity contribution in [1.82, 2.24) is 10.7 Å². The summed E-state index contributed by atoms with van der Waals surface area (Å²) >= 11 is 1.99. The van der Waals surface area contributed by atoms with Crippen molar-refractivity contribution in [1.29, 1.82) is 0 Å². The van der Waals surface area contributed by atoms with Gasteiger partial charge in [0.15, 0.2) is 0 Å². The van der Waals surface area contributed by atoms with Gasteiger partial charge >= 0.3 is 0 Å². The highest BCUT2D eigenvalue weighted by molar-refractivity contribution is 7.99. The van der Waals surface area contributed by atoms with Crippen molar-refractivity contribution >= 4 is 17.7 Å². The van der Waals surface area contributed by atoms with E-state index in [2.05, 4.69) is 17.0 Å². The average Bonchev–Trinajstić information content (AvgIpc) is 2.91. The summed E-state index contributed by atoms with van der Waals surface area (Å²) < 4.78 is 0. The summed E-state index contributed by atoms with van der Waals surface area (Å²) in [5.74, 6) is 6.37. The van der Waals surface area contributed by atoms with E-state index in [0.717, 1.165) is 11.2 Å². The van der Waals surface area contributed by atoms with Gasteiger partial charge in [0.25, 0.3) is 0 Å². The third-order valence-electron chi connectivity index (χ3n) is 4.12. The van der Waals surface area contributed by atoms with Crippen LogP contribution in [0.1, 0.15) is 51.4 Å². The monoisotopic (exact) mass is 270 g/mol. The molecule has 0 bridgehead atoms. The van der Waals surface area contributed by atoms with Crippen molar-refractivity contribution in [2.75, 3.05) is 6.26 Å². The maximum Gasteiger partial charge on any atom is 0.206 e. The van der Waals surface area contributed by atoms with E-state index in [1.807, 2.05) is 11.8 Å². The molecule has 0 heterocycles. The van der Waals surface area contributed by atoms with Gasteiger partial charge in [0.2, 0.25) is 5.96 Å². The number of hydrogen-bond donors (Lipinski definition) is 3. The van der Waals surface area contributed by atoms with Crippen LogP contribution in [0.4, 0.5) is 0 Å². The molecule has 0 unspecified atom stereocenters. The third-order valence-corrected chi connectivity index (χ3v) is 5.26. The minimum Gasteiger partial charge on any atom is -0.353 e. The molecule has 5 heteroatoms. The third kappa shape index (κ3) is 4.05. The Morgan fingerprint density at radius 1 is 1.11 bits per heavy atom. The molecule has 0 aliphatic heterocycles. The van der Waals surface area contributed by atoms with E-state index in [1.54, 1.807) is 0 Å². The van der Waals surface area contributed by atoms with Crippen LogP contribution in [0.5, 0.6) is 0 Å². The molecule has 2 fully saturated rings. The van der Waals surface area contributed by atoms with E-state index in [-0.39, 0.29) is 0 Å². The van der Waals surface area contributed by atoms with E-state index >= 15 is 0 Å². The van der Waals surface area contributed by atoms with Crippen molar-refractivity contribution in [3.8, 4) is 0 Å². The van der Waals surface area contributed by atoms with Gasteiger partial charge in [-0.05, 0) is 44.8 Å². The zero-order valence-corrected chi connectivity index (χ0v) is 12.1. The SMILES string of the molecule is CSC1CCC(N=C(NN)NC2CCCC2)CC1. The number of hydrogen-bond acceptors (Lipinski definition) is 3. The van der Waals surface area contributed by atoms with Crippen LogP contribution in [0.25, 0.3) is 0 Å². The maximum absolute atomic E-state index is 5.57. The predicted molar refractivity (Wildman–Crippen MR) is 79.7 cm³/mol. The molecule has 4 N–H and O–H groups in total. The lowest BCUT2D eigenvalue weighted by Crippen LogP contribution is -2.46. The molecule has 2 aliphatic rings. The van der Waals surface area contributed by atoms with Crippen LogP contribution in [0.3, 0.4) is 0 Å². The molecule has 104 valence electrons. The molecule has 0 radical (unpaired) electrons. The lowest BCUT2D eigenvalue weighted by molar-refractivity contribution is 0.449. The molecule has 0 spiro atoms. The van der Waals surface area contributed by atoms with Crippen LogP contribution in [-0.4, -0.2) is 29.5 Å². The Bertz CT molecular complexity index is 268. The van der Waals surface area contributed by atoms with Gasteiger partial charge in [-0.15, -0.1) is 0 Å². The molecular formula is C13H26N4S. The highest BCUT2D eigenvalue weighted by Gasteiger charge is 2.21. The van der Waals surface area contributed by atoms with Crippen molar-refractivity contribution in [3.63, 3.8) is 0 Å². The van der Waals surface area contributed by atoms with Gasteiger partial charge in [-0.2, -0.15) is 11.8 Å². The number of guanidine groups is 1. The van der Waals surface area contributed by atoms with Crippen LogP contribution in [0.2, 0.25) is 0 Å². The molecule has 0 aromatic heterocycles. The van der Waals surface area contributed by atoms with Crippen LogP contribution in [0.15, 0.2) is 4.99 Å². The van der Waals surface area contributed by atoms with E-state index in [1.165, 1.54) is 51.4 Å². The minimum absolute atomic E-state index is 0.452. The van der Waals surface area contributed by atoms with Gasteiger partial charge in [-0.25, -0.2) is 10.8 Å². The topological polar surface area (TPSA) is 62.4 Å². The Hall–Kier alpha value is -0.420. The predicted octanol–water partition coefficient (Wildman–Crippen LogP) is 2.01. The molecule has 0 aromatic carbocycles. The number of rotatable bonds is 3. The fourth-order valence-corrected chi connectivity index (χ4v) is 3.72. The van der Waals surface area contributed by atoms with Crippen molar-refractivity contribution in [2.45, 2.75) is 68.7 Å². The Morgan fingerprint density at radius 3 is 2.33 bits per heavy atom.